The van der Waals surface area contributed by atoms with Gasteiger partial charge in [0.05, 0.1) is 5.41 Å². The first-order chi connectivity index (χ1) is 10.4. The van der Waals surface area contributed by atoms with Crippen LogP contribution in [-0.4, -0.2) is 28.7 Å². The average Bonchev–Trinajstić information content (AvgIpc) is 3.22. The van der Waals surface area contributed by atoms with E-state index in [9.17, 15) is 19.5 Å². The van der Waals surface area contributed by atoms with Gasteiger partial charge in [0.15, 0.2) is 0 Å². The van der Waals surface area contributed by atoms with Crippen LogP contribution in [0.5, 0.6) is 0 Å². The quantitative estimate of drug-likeness (QED) is 0.417. The number of benzene rings is 1. The van der Waals surface area contributed by atoms with E-state index in [1.165, 1.54) is 0 Å². The Kier molecular flexibility index (Phi) is 2.93. The number of hydrogen-bond acceptors (Lipinski definition) is 4. The summed E-state index contributed by atoms with van der Waals surface area (Å²) in [6.07, 6.45) is 1.47. The van der Waals surface area contributed by atoms with Crippen molar-refractivity contribution in [3.05, 3.63) is 35.4 Å². The Labute approximate surface area is 125 Å². The second-order valence-corrected chi connectivity index (χ2v) is 5.39. The molecule has 0 bridgehead atoms. The maximum Gasteiger partial charge on any atom is 0.325 e. The monoisotopic (exact) mass is 299 g/mol. The number of amides is 4. The maximum atomic E-state index is 11.5. The Morgan fingerprint density at radius 3 is 2.32 bits per heavy atom. The highest BCUT2D eigenvalue weighted by molar-refractivity contribution is 6.07. The first kappa shape index (κ1) is 14.1. The van der Waals surface area contributed by atoms with Crippen molar-refractivity contribution in [2.45, 2.75) is 24.0 Å². The van der Waals surface area contributed by atoms with Gasteiger partial charge in [-0.15, -0.1) is 0 Å². The molecule has 0 aromatic heterocycles. The zero-order valence-corrected chi connectivity index (χ0v) is 11.5. The van der Waals surface area contributed by atoms with Gasteiger partial charge in [0.2, 0.25) is 5.91 Å². The molecule has 1 aliphatic carbocycles. The van der Waals surface area contributed by atoms with Crippen molar-refractivity contribution in [1.29, 1.82) is 0 Å². The van der Waals surface area contributed by atoms with E-state index < -0.39 is 23.1 Å². The third-order valence-electron chi connectivity index (χ3n) is 3.90. The van der Waals surface area contributed by atoms with Crippen molar-refractivity contribution in [3.8, 4) is 11.8 Å². The molecule has 22 heavy (non-hydrogen) atoms. The predicted octanol–water partition coefficient (Wildman–Crippen LogP) is -0.917. The molecule has 1 atom stereocenters. The molecule has 5 N–H and O–H groups in total. The molecular weight excluding hydrogens is 286 g/mol. The lowest BCUT2D eigenvalue weighted by atomic mass is 9.94. The van der Waals surface area contributed by atoms with E-state index in [1.54, 1.807) is 24.3 Å². The molecule has 112 valence electrons. The number of aliphatic hydroxyl groups is 1. The summed E-state index contributed by atoms with van der Waals surface area (Å²) in [5.74, 6) is 3.68. The van der Waals surface area contributed by atoms with Crippen molar-refractivity contribution < 1.29 is 19.5 Å². The van der Waals surface area contributed by atoms with Crippen molar-refractivity contribution in [2.24, 2.45) is 5.73 Å². The number of hydrogen-bond donors (Lipinski definition) is 4. The number of nitrogens with one attached hydrogen (secondary N) is 2. The lowest BCUT2D eigenvalue weighted by molar-refractivity contribution is -0.131. The fourth-order valence-electron chi connectivity index (χ4n) is 2.37. The second-order valence-electron chi connectivity index (χ2n) is 5.39. The Morgan fingerprint density at radius 2 is 1.86 bits per heavy atom. The summed E-state index contributed by atoms with van der Waals surface area (Å²) >= 11 is 0. The molecule has 1 aliphatic heterocycles. The van der Waals surface area contributed by atoms with E-state index in [2.05, 4.69) is 11.8 Å². The van der Waals surface area contributed by atoms with Crippen LogP contribution in [0.2, 0.25) is 0 Å². The summed E-state index contributed by atoms with van der Waals surface area (Å²) in [6.45, 7) is 0. The van der Waals surface area contributed by atoms with Crippen LogP contribution in [0.25, 0.3) is 0 Å². The molecule has 1 aromatic carbocycles. The molecule has 2 fully saturated rings. The minimum Gasteiger partial charge on any atom is -0.369 e. The molecule has 1 saturated heterocycles. The standard InChI is InChI=1S/C15H13N3O4/c16-11(19)14(7-8-14)10-3-1-9(2-4-10)5-6-15(22)12(20)17-13(21)18-15/h1-4,22H,7-8H2,(H2,16,19)(H2,17,18,20,21). The van der Waals surface area contributed by atoms with Crippen LogP contribution in [0.1, 0.15) is 24.0 Å². The minimum absolute atomic E-state index is 0.342. The number of urea groups is 1. The van der Waals surface area contributed by atoms with Crippen LogP contribution in [-0.2, 0) is 15.0 Å². The fourth-order valence-corrected chi connectivity index (χ4v) is 2.37. The number of primary amides is 1. The van der Waals surface area contributed by atoms with Gasteiger partial charge in [0.1, 0.15) is 0 Å². The third-order valence-corrected chi connectivity index (χ3v) is 3.90. The number of imide groups is 1. The van der Waals surface area contributed by atoms with Crippen LogP contribution >= 0.6 is 0 Å². The van der Waals surface area contributed by atoms with E-state index in [1.807, 2.05) is 10.6 Å². The average molecular weight is 299 g/mol. The molecule has 1 heterocycles. The molecule has 1 unspecified atom stereocenters. The molecular formula is C15H13N3O4. The van der Waals surface area contributed by atoms with Gasteiger partial charge in [-0.25, -0.2) is 4.79 Å². The van der Waals surface area contributed by atoms with Gasteiger partial charge in [-0.2, -0.15) is 0 Å². The molecule has 0 spiro atoms. The van der Waals surface area contributed by atoms with Gasteiger partial charge in [0.25, 0.3) is 11.6 Å². The van der Waals surface area contributed by atoms with Crippen LogP contribution in [0.15, 0.2) is 24.3 Å². The smallest absolute Gasteiger partial charge is 0.325 e. The van der Waals surface area contributed by atoms with Crippen molar-refractivity contribution in [3.63, 3.8) is 0 Å². The van der Waals surface area contributed by atoms with E-state index >= 15 is 0 Å². The number of carbonyl (C=O) groups excluding carboxylic acids is 3. The van der Waals surface area contributed by atoms with Crippen LogP contribution in [0.4, 0.5) is 4.79 Å². The summed E-state index contributed by atoms with van der Waals surface area (Å²) in [7, 11) is 0. The lowest BCUT2D eigenvalue weighted by Crippen LogP contribution is -2.45. The van der Waals surface area contributed by atoms with Gasteiger partial charge in [-0.05, 0) is 36.5 Å². The predicted molar refractivity (Wildman–Crippen MR) is 75.1 cm³/mol. The summed E-state index contributed by atoms with van der Waals surface area (Å²) < 4.78 is 0. The largest absolute Gasteiger partial charge is 0.369 e. The van der Waals surface area contributed by atoms with Gasteiger partial charge >= 0.3 is 6.03 Å². The van der Waals surface area contributed by atoms with Crippen molar-refractivity contribution in [2.75, 3.05) is 0 Å². The van der Waals surface area contributed by atoms with E-state index in [0.717, 1.165) is 18.4 Å². The van der Waals surface area contributed by atoms with E-state index in [0.29, 0.717) is 5.56 Å². The van der Waals surface area contributed by atoms with Gasteiger partial charge in [-0.1, -0.05) is 18.1 Å². The van der Waals surface area contributed by atoms with Crippen molar-refractivity contribution >= 4 is 17.8 Å². The molecule has 4 amide bonds. The third kappa shape index (κ3) is 2.19. The molecule has 2 aliphatic rings. The zero-order valence-electron chi connectivity index (χ0n) is 11.5. The van der Waals surface area contributed by atoms with E-state index in [-0.39, 0.29) is 5.91 Å². The lowest BCUT2D eigenvalue weighted by Gasteiger charge is -2.11. The zero-order chi connectivity index (χ0) is 16.0. The van der Waals surface area contributed by atoms with Crippen molar-refractivity contribution in [1.82, 2.24) is 10.6 Å². The molecule has 7 nitrogen and oxygen atoms in total. The highest BCUT2D eigenvalue weighted by Gasteiger charge is 2.49. The van der Waals surface area contributed by atoms with Gasteiger partial charge in [0, 0.05) is 5.56 Å². The SMILES string of the molecule is NC(=O)C1(c2ccc(C#CC3(O)NC(=O)NC3=O)cc2)CC1. The minimum atomic E-state index is -2.22. The number of rotatable bonds is 2. The Balaban J connectivity index is 1.81. The van der Waals surface area contributed by atoms with Crippen LogP contribution < -0.4 is 16.4 Å². The highest BCUT2D eigenvalue weighted by Crippen LogP contribution is 2.47. The first-order valence-corrected chi connectivity index (χ1v) is 6.65. The molecule has 1 saturated carbocycles. The first-order valence-electron chi connectivity index (χ1n) is 6.65. The molecule has 0 radical (unpaired) electrons. The molecule has 3 rings (SSSR count). The maximum absolute atomic E-state index is 11.5. The molecule has 1 aromatic rings. The van der Waals surface area contributed by atoms with Crippen LogP contribution in [0.3, 0.4) is 0 Å². The normalized spacial score (nSPS) is 24.8. The summed E-state index contributed by atoms with van der Waals surface area (Å²) in [4.78, 5) is 33.8. The van der Waals surface area contributed by atoms with Crippen LogP contribution in [0, 0.1) is 11.8 Å². The summed E-state index contributed by atoms with van der Waals surface area (Å²) in [6, 6.07) is 6.04. The second kappa shape index (κ2) is 4.58. The Hall–Kier alpha value is -2.85. The van der Waals surface area contributed by atoms with E-state index in [4.69, 9.17) is 5.73 Å². The highest BCUT2D eigenvalue weighted by atomic mass is 16.3. The number of nitrogens with two attached hydrogens (primary N) is 1. The summed E-state index contributed by atoms with van der Waals surface area (Å²) in [5, 5.41) is 13.8. The Morgan fingerprint density at radius 1 is 1.23 bits per heavy atom. The van der Waals surface area contributed by atoms with Gasteiger partial charge < -0.3 is 10.8 Å². The number of carbonyl (C=O) groups is 3. The topological polar surface area (TPSA) is 122 Å². The fraction of sp³-hybridized carbons (Fsp3) is 0.267. The van der Waals surface area contributed by atoms with Gasteiger partial charge in [-0.3, -0.25) is 20.2 Å². The molecule has 7 heteroatoms. The summed E-state index contributed by atoms with van der Waals surface area (Å²) in [5.41, 5.74) is 3.98. The Bertz CT molecular complexity index is 740.